The van der Waals surface area contributed by atoms with E-state index >= 15 is 0 Å². The lowest BCUT2D eigenvalue weighted by atomic mass is 9.84. The van der Waals surface area contributed by atoms with Gasteiger partial charge in [-0.3, -0.25) is 0 Å². The van der Waals surface area contributed by atoms with Crippen molar-refractivity contribution in [1.82, 2.24) is 0 Å². The number of rotatable bonds is 3. The Hall–Kier alpha value is -6.64. The molecule has 0 aliphatic heterocycles. The largest absolute Gasteiger partial charge is 0.464 e. The number of fused-ring (bicyclic) bond motifs is 9. The molecule has 9 aromatic carbocycles. The highest BCUT2D eigenvalue weighted by molar-refractivity contribution is 6.25. The molecule has 0 bridgehead atoms. The van der Waals surface area contributed by atoms with Gasteiger partial charge in [0.15, 0.2) is 0 Å². The predicted octanol–water partition coefficient (Wildman–Crippen LogP) is 13.9. The monoisotopic (exact) mass is 636 g/mol. The Morgan fingerprint density at radius 3 is 1.84 bits per heavy atom. The van der Waals surface area contributed by atoms with Crippen LogP contribution in [0.5, 0.6) is 0 Å². The molecule has 0 unspecified atom stereocenters. The average Bonchev–Trinajstić information content (AvgIpc) is 3.82. The summed E-state index contributed by atoms with van der Waals surface area (Å²) in [5.74, 6) is 0. The first kappa shape index (κ1) is 27.3. The second kappa shape index (κ2) is 10.4. The van der Waals surface area contributed by atoms with Gasteiger partial charge in [0.25, 0.3) is 0 Å². The van der Waals surface area contributed by atoms with E-state index in [0.29, 0.717) is 0 Å². The summed E-state index contributed by atoms with van der Waals surface area (Å²) < 4.78 is 12.6. The highest BCUT2D eigenvalue weighted by Crippen LogP contribution is 2.47. The van der Waals surface area contributed by atoms with Gasteiger partial charge in [0.1, 0.15) is 16.7 Å². The molecular weight excluding hydrogens is 609 g/mol. The molecule has 0 amide bonds. The normalized spacial score (nSPS) is 12.0. The van der Waals surface area contributed by atoms with Crippen LogP contribution in [0.15, 0.2) is 179 Å². The summed E-state index contributed by atoms with van der Waals surface area (Å²) >= 11 is 0. The predicted molar refractivity (Wildman–Crippen MR) is 210 cm³/mol. The standard InChI is InChI=1S/C48H28O2/c1-3-12-33-29(9-1)11-7-16-34(33)31-20-23-41-43(27-31)47(38-17-8-18-44-37(38)25-26-49-44)40-15-6-5-14-39(40)46(41)32-21-22-36-42-24-19-30-10-2-4-13-35(30)48(42)50-45(36)28-32/h1-28H. The maximum absolute atomic E-state index is 6.69. The molecule has 11 aromatic rings. The van der Waals surface area contributed by atoms with Crippen LogP contribution in [0.3, 0.4) is 0 Å². The highest BCUT2D eigenvalue weighted by Gasteiger charge is 2.21. The summed E-state index contributed by atoms with van der Waals surface area (Å²) in [6, 6.07) is 59.1. The van der Waals surface area contributed by atoms with E-state index in [1.54, 1.807) is 6.26 Å². The number of furan rings is 2. The van der Waals surface area contributed by atoms with Crippen molar-refractivity contribution in [2.24, 2.45) is 0 Å². The van der Waals surface area contributed by atoms with Gasteiger partial charge in [0.2, 0.25) is 0 Å². The summed E-state index contributed by atoms with van der Waals surface area (Å²) in [4.78, 5) is 0. The summed E-state index contributed by atoms with van der Waals surface area (Å²) in [5, 5.41) is 13.0. The van der Waals surface area contributed by atoms with Crippen molar-refractivity contribution in [3.05, 3.63) is 170 Å². The van der Waals surface area contributed by atoms with E-state index in [-0.39, 0.29) is 0 Å². The van der Waals surface area contributed by atoms with Gasteiger partial charge < -0.3 is 8.83 Å². The molecule has 0 radical (unpaired) electrons. The second-order valence-corrected chi connectivity index (χ2v) is 13.2. The Balaban J connectivity index is 1.25. The zero-order chi connectivity index (χ0) is 32.8. The molecule has 232 valence electrons. The lowest BCUT2D eigenvalue weighted by molar-refractivity contribution is 0.616. The van der Waals surface area contributed by atoms with E-state index in [4.69, 9.17) is 8.83 Å². The highest BCUT2D eigenvalue weighted by atomic mass is 16.3. The smallest absolute Gasteiger partial charge is 0.143 e. The summed E-state index contributed by atoms with van der Waals surface area (Å²) in [5.41, 5.74) is 9.85. The van der Waals surface area contributed by atoms with Gasteiger partial charge in [0.05, 0.1) is 6.26 Å². The Bertz CT molecular complexity index is 3150. The van der Waals surface area contributed by atoms with Crippen molar-refractivity contribution < 1.29 is 8.83 Å². The molecule has 0 aliphatic rings. The Morgan fingerprint density at radius 2 is 0.960 bits per heavy atom. The van der Waals surface area contributed by atoms with Gasteiger partial charge in [-0.15, -0.1) is 0 Å². The fraction of sp³-hybridized carbons (Fsp3) is 0. The van der Waals surface area contributed by atoms with E-state index in [1.807, 2.05) is 6.07 Å². The van der Waals surface area contributed by atoms with E-state index < -0.39 is 0 Å². The van der Waals surface area contributed by atoms with Crippen LogP contribution in [0.1, 0.15) is 0 Å². The maximum atomic E-state index is 6.69. The molecule has 0 atom stereocenters. The van der Waals surface area contributed by atoms with Crippen LogP contribution in [0.2, 0.25) is 0 Å². The van der Waals surface area contributed by atoms with Crippen molar-refractivity contribution in [1.29, 1.82) is 0 Å². The lowest BCUT2D eigenvalue weighted by Crippen LogP contribution is -1.92. The lowest BCUT2D eigenvalue weighted by Gasteiger charge is -2.19. The Morgan fingerprint density at radius 1 is 0.320 bits per heavy atom. The maximum Gasteiger partial charge on any atom is 0.143 e. The second-order valence-electron chi connectivity index (χ2n) is 13.2. The first-order valence-corrected chi connectivity index (χ1v) is 17.1. The molecule has 0 aliphatic carbocycles. The molecule has 2 aromatic heterocycles. The zero-order valence-corrected chi connectivity index (χ0v) is 27.0. The number of benzene rings is 9. The van der Waals surface area contributed by atoms with Gasteiger partial charge in [-0.1, -0.05) is 127 Å². The summed E-state index contributed by atoms with van der Waals surface area (Å²) in [6.45, 7) is 0. The van der Waals surface area contributed by atoms with Crippen molar-refractivity contribution >= 4 is 76.0 Å². The molecule has 2 nitrogen and oxygen atoms in total. The topological polar surface area (TPSA) is 26.3 Å². The minimum atomic E-state index is 0.886. The fourth-order valence-electron chi connectivity index (χ4n) is 8.30. The van der Waals surface area contributed by atoms with Crippen molar-refractivity contribution in [2.75, 3.05) is 0 Å². The minimum absolute atomic E-state index is 0.886. The van der Waals surface area contributed by atoms with Crippen LogP contribution in [0.4, 0.5) is 0 Å². The van der Waals surface area contributed by atoms with Crippen LogP contribution in [-0.4, -0.2) is 0 Å². The molecule has 0 saturated heterocycles. The van der Waals surface area contributed by atoms with Crippen molar-refractivity contribution in [3.8, 4) is 33.4 Å². The van der Waals surface area contributed by atoms with Gasteiger partial charge in [-0.2, -0.15) is 0 Å². The van der Waals surface area contributed by atoms with E-state index in [1.165, 1.54) is 65.5 Å². The molecule has 2 heterocycles. The third-order valence-corrected chi connectivity index (χ3v) is 10.5. The number of hydrogen-bond acceptors (Lipinski definition) is 2. The average molecular weight is 637 g/mol. The molecule has 0 N–H and O–H groups in total. The molecule has 50 heavy (non-hydrogen) atoms. The third kappa shape index (κ3) is 3.90. The summed E-state index contributed by atoms with van der Waals surface area (Å²) in [7, 11) is 0. The van der Waals surface area contributed by atoms with Gasteiger partial charge in [-0.25, -0.2) is 0 Å². The fourth-order valence-corrected chi connectivity index (χ4v) is 8.30. The third-order valence-electron chi connectivity index (χ3n) is 10.5. The first-order chi connectivity index (χ1) is 24.8. The van der Waals surface area contributed by atoms with Crippen molar-refractivity contribution in [3.63, 3.8) is 0 Å². The van der Waals surface area contributed by atoms with Gasteiger partial charge in [-0.05, 0) is 107 Å². The Labute approximate surface area is 287 Å². The van der Waals surface area contributed by atoms with Gasteiger partial charge >= 0.3 is 0 Å². The van der Waals surface area contributed by atoms with Crippen LogP contribution < -0.4 is 0 Å². The SMILES string of the molecule is c1ccc2c(-c3ccc4c(-c5ccc6c(c5)oc5c7ccccc7ccc65)c5ccccc5c(-c5cccc6occc56)c4c3)cccc2c1. The molecule has 0 saturated carbocycles. The van der Waals surface area contributed by atoms with E-state index in [9.17, 15) is 0 Å². The van der Waals surface area contributed by atoms with Crippen LogP contribution in [-0.2, 0) is 0 Å². The van der Waals surface area contributed by atoms with Crippen LogP contribution in [0.25, 0.3) is 109 Å². The minimum Gasteiger partial charge on any atom is -0.464 e. The molecule has 2 heteroatoms. The molecule has 0 fully saturated rings. The zero-order valence-electron chi connectivity index (χ0n) is 27.0. The molecule has 0 spiro atoms. The van der Waals surface area contributed by atoms with Crippen LogP contribution in [0, 0.1) is 0 Å². The van der Waals surface area contributed by atoms with Crippen LogP contribution >= 0.6 is 0 Å². The Kier molecular flexibility index (Phi) is 5.70. The van der Waals surface area contributed by atoms with E-state index in [0.717, 1.165) is 43.9 Å². The first-order valence-electron chi connectivity index (χ1n) is 17.1. The molecular formula is C48H28O2. The van der Waals surface area contributed by atoms with Crippen molar-refractivity contribution in [2.45, 2.75) is 0 Å². The quantitative estimate of drug-likeness (QED) is 0.180. The van der Waals surface area contributed by atoms with Gasteiger partial charge in [0, 0.05) is 21.5 Å². The molecule has 11 rings (SSSR count). The number of hydrogen-bond donors (Lipinski definition) is 0. The van der Waals surface area contributed by atoms with E-state index in [2.05, 4.69) is 158 Å². The summed E-state index contributed by atoms with van der Waals surface area (Å²) in [6.07, 6.45) is 1.79.